The van der Waals surface area contributed by atoms with Crippen molar-refractivity contribution >= 4 is 52.7 Å². The number of benzene rings is 6. The first kappa shape index (κ1) is 104. The number of carbonyl (C=O) groups is 6. The number of rotatable bonds is 28. The number of hydrogen-bond acceptors (Lipinski definition) is 21. The number of fused-ring (bicyclic) bond motifs is 3. The lowest BCUT2D eigenvalue weighted by Gasteiger charge is -2.26. The molecule has 0 unspecified atom stereocenters. The van der Waals surface area contributed by atoms with Gasteiger partial charge in [0.1, 0.15) is 122 Å². The lowest BCUT2D eigenvalue weighted by atomic mass is 9.90. The molecule has 3 aliphatic heterocycles. The maximum atomic E-state index is 15.0. The van der Waals surface area contributed by atoms with Gasteiger partial charge < -0.3 is 83.5 Å². The van der Waals surface area contributed by atoms with Crippen LogP contribution in [0.2, 0.25) is 0 Å². The number of halogens is 15. The summed E-state index contributed by atoms with van der Waals surface area (Å²) in [6.45, 7) is 11.5. The number of anilines is 3. The monoisotopic (exact) mass is 1920 g/mol. The van der Waals surface area contributed by atoms with E-state index in [4.69, 9.17) is 37.9 Å². The minimum atomic E-state index is -4.68. The molecule has 0 saturated heterocycles. The van der Waals surface area contributed by atoms with E-state index in [1.807, 2.05) is 16.0 Å². The predicted octanol–water partition coefficient (Wildman–Crippen LogP) is 15.0. The Morgan fingerprint density at radius 1 is 0.426 bits per heavy atom. The molecule has 6 atom stereocenters. The Kier molecular flexibility index (Phi) is 33.6. The van der Waals surface area contributed by atoms with Gasteiger partial charge in [-0.15, -0.1) is 0 Å². The van der Waals surface area contributed by atoms with Crippen LogP contribution in [0.3, 0.4) is 0 Å². The van der Waals surface area contributed by atoms with Gasteiger partial charge in [-0.1, -0.05) is 44.2 Å². The van der Waals surface area contributed by atoms with E-state index >= 15 is 0 Å². The van der Waals surface area contributed by atoms with Crippen molar-refractivity contribution in [2.45, 2.75) is 174 Å². The van der Waals surface area contributed by atoms with Crippen LogP contribution < -0.4 is 72.3 Å². The number of esters is 3. The molecule has 136 heavy (non-hydrogen) atoms. The lowest BCUT2D eigenvalue weighted by molar-refractivity contribution is -0.143. The Bertz CT molecular complexity index is 6190. The Hall–Kier alpha value is -13.7. The van der Waals surface area contributed by atoms with Crippen molar-refractivity contribution in [2.75, 3.05) is 71.3 Å². The summed E-state index contributed by atoms with van der Waals surface area (Å²) >= 11 is 0. The van der Waals surface area contributed by atoms with Crippen LogP contribution in [0.1, 0.15) is 140 Å². The van der Waals surface area contributed by atoms with Crippen LogP contribution in [0.4, 0.5) is 82.9 Å². The molecule has 12 rings (SSSR count). The zero-order valence-corrected chi connectivity index (χ0v) is 76.3. The molecule has 0 saturated carbocycles. The number of carbonyl (C=O) groups excluding carboxylic acids is 6. The first-order chi connectivity index (χ1) is 64.0. The highest BCUT2D eigenvalue weighted by Crippen LogP contribution is 2.45. The molecule has 3 aliphatic rings. The van der Waals surface area contributed by atoms with Crippen molar-refractivity contribution < 1.29 is 133 Å². The minimum Gasteiger partial charge on any atom is -0.496 e. The van der Waals surface area contributed by atoms with Crippen molar-refractivity contribution in [2.24, 2.45) is 21.1 Å². The SMILES string of the molecule is CC[C@@H](Nc1cc(F)c(C(=O)N[C@@H](Cc2ccc(-c3c(OC)cc(C)n(C)c3=O)c3c2CCCO3)C(=O)OC)c(F)c1)C(F)(F)F.CC[C@@H](Nc1cc(F)c(C(=O)N[C@@H](Cc2ccc(-c3nc(C)c(C)n(C)c3=O)c3c2CCCO3)C(=O)OC)c(F)c1)C(F)(F)F.COC(=O)[C@H](Cc1ccc(-c2c(OC)cc(C)n(C)c2=O)c2c1CCCO2)NC(=O)c1c(F)cc(N[C@H](C)C(F)(F)F)cc1F. The van der Waals surface area contributed by atoms with Crippen LogP contribution in [-0.2, 0) is 88.3 Å². The largest absolute Gasteiger partial charge is 0.496 e. The number of amides is 3. The molecule has 0 spiro atoms. The Morgan fingerprint density at radius 3 is 1.01 bits per heavy atom. The molecule has 27 nitrogen and oxygen atoms in total. The Morgan fingerprint density at radius 2 is 0.728 bits per heavy atom. The van der Waals surface area contributed by atoms with Crippen LogP contribution in [0, 0.1) is 62.6 Å². The molecule has 0 bridgehead atoms. The van der Waals surface area contributed by atoms with E-state index in [1.165, 1.54) is 41.8 Å². The second-order valence-corrected chi connectivity index (χ2v) is 32.2. The lowest BCUT2D eigenvalue weighted by Crippen LogP contribution is -2.44. The first-order valence-corrected chi connectivity index (χ1v) is 42.6. The van der Waals surface area contributed by atoms with Gasteiger partial charge in [-0.2, -0.15) is 39.5 Å². The van der Waals surface area contributed by atoms with Gasteiger partial charge in [-0.05, 0) is 162 Å². The van der Waals surface area contributed by atoms with Crippen LogP contribution in [0.25, 0.3) is 33.5 Å². The second kappa shape index (κ2) is 43.7. The van der Waals surface area contributed by atoms with E-state index in [0.717, 1.165) is 28.3 Å². The molecule has 9 aromatic rings. The Balaban J connectivity index is 0.000000211. The summed E-state index contributed by atoms with van der Waals surface area (Å²) in [6.07, 6.45) is -11.9. The summed E-state index contributed by atoms with van der Waals surface area (Å²) in [5.41, 5.74) is 2.82. The molecule has 6 heterocycles. The van der Waals surface area contributed by atoms with Crippen molar-refractivity contribution in [3.05, 3.63) is 224 Å². The third-order valence-corrected chi connectivity index (χ3v) is 23.5. The molecular formula is C94H99F15N10O17. The van der Waals surface area contributed by atoms with Gasteiger partial charge in [0, 0.05) is 103 Å². The second-order valence-electron chi connectivity index (χ2n) is 32.2. The number of ether oxygens (including phenoxy) is 8. The number of nitrogens with one attached hydrogen (secondary N) is 6. The van der Waals surface area contributed by atoms with Crippen LogP contribution in [0.5, 0.6) is 28.7 Å². The number of aromatic nitrogens is 4. The normalized spacial score (nSPS) is 14.1. The number of nitrogens with zero attached hydrogens (tertiary/aromatic N) is 4. The molecule has 6 aromatic carbocycles. The third kappa shape index (κ3) is 23.4. The molecule has 0 radical (unpaired) electrons. The van der Waals surface area contributed by atoms with Crippen molar-refractivity contribution in [1.82, 2.24) is 34.6 Å². The molecule has 6 N–H and O–H groups in total. The summed E-state index contributed by atoms with van der Waals surface area (Å²) in [7, 11) is 11.0. The molecule has 0 fully saturated rings. The summed E-state index contributed by atoms with van der Waals surface area (Å²) in [5, 5.41) is 12.9. The van der Waals surface area contributed by atoms with Gasteiger partial charge in [0.25, 0.3) is 34.4 Å². The molecule has 42 heteroatoms. The maximum Gasteiger partial charge on any atom is 0.408 e. The van der Waals surface area contributed by atoms with Gasteiger partial charge in [0.05, 0.1) is 72.2 Å². The molecular weight excluding hydrogens is 1830 g/mol. The zero-order valence-electron chi connectivity index (χ0n) is 76.3. The Labute approximate surface area is 769 Å². The van der Waals surface area contributed by atoms with Crippen molar-refractivity contribution in [3.63, 3.8) is 0 Å². The predicted molar refractivity (Wildman–Crippen MR) is 469 cm³/mol. The topological polar surface area (TPSA) is 327 Å². The minimum absolute atomic E-state index is 0.157. The number of pyridine rings is 2. The molecule has 0 aliphatic carbocycles. The van der Waals surface area contributed by atoms with Crippen molar-refractivity contribution in [3.8, 4) is 62.3 Å². The van der Waals surface area contributed by atoms with E-state index in [-0.39, 0.29) is 52.8 Å². The smallest absolute Gasteiger partial charge is 0.408 e. The van der Waals surface area contributed by atoms with Crippen LogP contribution >= 0.6 is 0 Å². The van der Waals surface area contributed by atoms with Gasteiger partial charge in [-0.25, -0.2) is 45.7 Å². The van der Waals surface area contributed by atoms with Crippen LogP contribution in [0.15, 0.2) is 99.3 Å². The quantitative estimate of drug-likeness (QED) is 0.0151. The maximum absolute atomic E-state index is 15.0. The fourth-order valence-electron chi connectivity index (χ4n) is 15.7. The number of aryl methyl sites for hydroxylation is 3. The summed E-state index contributed by atoms with van der Waals surface area (Å²) < 4.78 is 255. The van der Waals surface area contributed by atoms with E-state index in [2.05, 4.69) is 20.9 Å². The summed E-state index contributed by atoms with van der Waals surface area (Å²) in [4.78, 5) is 122. The highest BCUT2D eigenvalue weighted by molar-refractivity contribution is 6.00. The van der Waals surface area contributed by atoms with E-state index in [0.29, 0.717) is 196 Å². The standard InChI is InChI=1S/C32H34F5N3O6.C31H33F5N4O5.C31H32F5N3O6/c1-6-25(32(35,36)37)38-18-14-21(33)27(22(34)15-18)29(41)39-23(31(43)45-5)13-17-9-10-20(28-19(17)8-7-11-46-28)26-24(44-4)12-16(2)40(3)30(26)42;1-6-24(31(34,35)36)38-18-13-21(32)25(22(33)14-18)28(41)39-23(30(43)44-5)12-17-9-10-20(27-19(17)8-7-11-45-27)26-29(42)40(4)16(3)15(2)37-26;1-15-11-24(43-4)25(29(41)39(15)3)20-9-8-17(19-7-6-10-45-27(19)20)12-23(30(42)44-5)38-28(40)26-21(32)13-18(14-22(26)33)37-16(2)31(34,35)36/h9-10,12,14-15,23,25,38H,6-8,11,13H2,1-5H3,(H,39,41);9-10,13-14,23-24,38H,6-8,11-12H2,1-5H3,(H,39,41);8-9,11,13-14,16,23,37H,6-7,10,12H2,1-5H3,(H,38,40)/t23-,25+;23-,24+;16-,23+/m001/s1. The first-order valence-electron chi connectivity index (χ1n) is 42.6. The highest BCUT2D eigenvalue weighted by Gasteiger charge is 2.42. The summed E-state index contributed by atoms with van der Waals surface area (Å²) in [5.74, 6) is -13.3. The number of methoxy groups -OCH3 is 5. The van der Waals surface area contributed by atoms with Gasteiger partial charge in [0.15, 0.2) is 0 Å². The number of alkyl halides is 9. The molecule has 3 aromatic heterocycles. The summed E-state index contributed by atoms with van der Waals surface area (Å²) in [6, 6.07) is 6.30. The van der Waals surface area contributed by atoms with Gasteiger partial charge >= 0.3 is 36.4 Å². The molecule has 732 valence electrons. The van der Waals surface area contributed by atoms with Gasteiger partial charge in [-0.3, -0.25) is 28.8 Å². The van der Waals surface area contributed by atoms with Crippen molar-refractivity contribution in [1.29, 1.82) is 0 Å². The van der Waals surface area contributed by atoms with Crippen LogP contribution in [-0.4, -0.2) is 164 Å². The van der Waals surface area contributed by atoms with E-state index < -0.39 is 172 Å². The van der Waals surface area contributed by atoms with Gasteiger partial charge in [0.2, 0.25) is 0 Å². The average molecular weight is 1930 g/mol. The highest BCUT2D eigenvalue weighted by atomic mass is 19.4. The molecule has 3 amide bonds. The third-order valence-electron chi connectivity index (χ3n) is 23.5. The fourth-order valence-corrected chi connectivity index (χ4v) is 15.7. The van der Waals surface area contributed by atoms with E-state index in [9.17, 15) is 109 Å². The fraction of sp³-hybridized carbons (Fsp3) is 0.404. The van der Waals surface area contributed by atoms with E-state index in [1.54, 1.807) is 97.4 Å². The zero-order chi connectivity index (χ0) is 100. The average Bonchev–Trinajstić information content (AvgIpc) is 0.765. The number of hydrogen-bond donors (Lipinski definition) is 6.